The second kappa shape index (κ2) is 14.0. The maximum Gasteiger partial charge on any atom is 0.255 e. The van der Waals surface area contributed by atoms with Gasteiger partial charge in [0.15, 0.2) is 0 Å². The van der Waals surface area contributed by atoms with Crippen LogP contribution in [0.1, 0.15) is 37.6 Å². The average molecular weight is 530 g/mol. The number of benzene rings is 2. The third-order valence-corrected chi connectivity index (χ3v) is 7.60. The van der Waals surface area contributed by atoms with Crippen molar-refractivity contribution in [1.29, 1.82) is 0 Å². The predicted octanol–water partition coefficient (Wildman–Crippen LogP) is 4.07. The summed E-state index contributed by atoms with van der Waals surface area (Å²) in [4.78, 5) is 13.3. The van der Waals surface area contributed by atoms with Gasteiger partial charge in [-0.25, -0.2) is 8.42 Å². The molecule has 2 atom stereocenters. The van der Waals surface area contributed by atoms with E-state index in [2.05, 4.69) is 17.2 Å². The molecule has 0 aromatic heterocycles. The number of amides is 1. The highest BCUT2D eigenvalue weighted by molar-refractivity contribution is 7.89. The van der Waals surface area contributed by atoms with Gasteiger partial charge in [-0.05, 0) is 55.7 Å². The molecule has 0 saturated carbocycles. The maximum absolute atomic E-state index is 13.5. The summed E-state index contributed by atoms with van der Waals surface area (Å²) in [5, 5.41) is 17.1. The Morgan fingerprint density at radius 1 is 1.14 bits per heavy atom. The van der Waals surface area contributed by atoms with Gasteiger partial charge in [-0.2, -0.15) is 4.31 Å². The van der Waals surface area contributed by atoms with Crippen LogP contribution >= 0.6 is 0 Å². The van der Waals surface area contributed by atoms with Gasteiger partial charge in [0.05, 0.1) is 29.7 Å². The number of allylic oxidation sites excluding steroid dienone is 2. The molecule has 0 aliphatic rings. The maximum atomic E-state index is 13.5. The number of ether oxygens (including phenoxy) is 1. The molecular weight excluding hydrogens is 490 g/mol. The number of sulfonamides is 1. The van der Waals surface area contributed by atoms with E-state index in [1.54, 1.807) is 49.5 Å². The molecule has 0 fully saturated rings. The zero-order chi connectivity index (χ0) is 27.6. The molecule has 0 saturated heterocycles. The average Bonchev–Trinajstić information content (AvgIpc) is 2.87. The summed E-state index contributed by atoms with van der Waals surface area (Å²) in [5.74, 6) is -0.0246. The molecule has 2 unspecified atom stereocenters. The third kappa shape index (κ3) is 8.45. The largest absolute Gasteiger partial charge is 0.496 e. The van der Waals surface area contributed by atoms with Crippen molar-refractivity contribution in [3.63, 3.8) is 0 Å². The van der Waals surface area contributed by atoms with Crippen LogP contribution < -0.4 is 15.4 Å². The zero-order valence-corrected chi connectivity index (χ0v) is 23.1. The van der Waals surface area contributed by atoms with E-state index in [0.29, 0.717) is 16.9 Å². The first-order chi connectivity index (χ1) is 17.5. The van der Waals surface area contributed by atoms with Gasteiger partial charge in [0, 0.05) is 25.8 Å². The SMILES string of the molecule is C=C(C=CC)CC(NC(=O)c1ccccc1OC)C(O)CN(CC(C)C)S(=O)(=O)c1ccc(NC)cc1. The molecule has 0 radical (unpaired) electrons. The van der Waals surface area contributed by atoms with Gasteiger partial charge in [0.1, 0.15) is 5.75 Å². The van der Waals surface area contributed by atoms with Crippen molar-refractivity contribution >= 4 is 21.6 Å². The number of methoxy groups -OCH3 is 1. The molecule has 0 aliphatic heterocycles. The van der Waals surface area contributed by atoms with Crippen molar-refractivity contribution in [3.8, 4) is 5.75 Å². The van der Waals surface area contributed by atoms with E-state index in [-0.39, 0.29) is 30.3 Å². The lowest BCUT2D eigenvalue weighted by Gasteiger charge is -2.31. The molecule has 9 heteroatoms. The Kier molecular flexibility index (Phi) is 11.4. The molecule has 0 spiro atoms. The molecule has 0 aliphatic carbocycles. The van der Waals surface area contributed by atoms with Gasteiger partial charge in [-0.3, -0.25) is 4.79 Å². The predicted molar refractivity (Wildman–Crippen MR) is 148 cm³/mol. The minimum Gasteiger partial charge on any atom is -0.496 e. The first-order valence-electron chi connectivity index (χ1n) is 12.2. The van der Waals surface area contributed by atoms with E-state index in [4.69, 9.17) is 4.74 Å². The minimum atomic E-state index is -3.90. The van der Waals surface area contributed by atoms with Crippen LogP contribution in [0.3, 0.4) is 0 Å². The van der Waals surface area contributed by atoms with Crippen LogP contribution in [-0.4, -0.2) is 63.1 Å². The number of carbonyl (C=O) groups is 1. The number of carbonyl (C=O) groups excluding carboxylic acids is 1. The highest BCUT2D eigenvalue weighted by Gasteiger charge is 2.31. The molecule has 3 N–H and O–H groups in total. The van der Waals surface area contributed by atoms with Gasteiger partial charge < -0.3 is 20.5 Å². The standard InChI is InChI=1S/C28H39N3O5S/c1-7-10-21(4)17-25(30-28(33)24-11-8-9-12-27(24)36-6)26(32)19-31(18-20(2)3)37(34,35)23-15-13-22(29-5)14-16-23/h7-16,20,25-26,29,32H,4,17-19H2,1-3,5-6H3,(H,30,33). The summed E-state index contributed by atoms with van der Waals surface area (Å²) in [6.07, 6.45) is 2.64. The Morgan fingerprint density at radius 3 is 2.35 bits per heavy atom. The molecule has 0 heterocycles. The van der Waals surface area contributed by atoms with Crippen molar-refractivity contribution < 1.29 is 23.1 Å². The molecule has 202 valence electrons. The number of para-hydroxylation sites is 1. The topological polar surface area (TPSA) is 108 Å². The van der Waals surface area contributed by atoms with Gasteiger partial charge >= 0.3 is 0 Å². The van der Waals surface area contributed by atoms with Crippen molar-refractivity contribution in [3.05, 3.63) is 78.4 Å². The molecule has 0 bridgehead atoms. The van der Waals surface area contributed by atoms with E-state index in [0.717, 1.165) is 5.69 Å². The van der Waals surface area contributed by atoms with Gasteiger partial charge in [0.25, 0.3) is 5.91 Å². The fourth-order valence-corrected chi connectivity index (χ4v) is 5.53. The van der Waals surface area contributed by atoms with Crippen molar-refractivity contribution in [1.82, 2.24) is 9.62 Å². The Hall–Kier alpha value is -3.14. The lowest BCUT2D eigenvalue weighted by atomic mass is 10.0. The van der Waals surface area contributed by atoms with Crippen LogP contribution in [0.2, 0.25) is 0 Å². The molecule has 8 nitrogen and oxygen atoms in total. The Morgan fingerprint density at radius 2 is 1.78 bits per heavy atom. The number of aliphatic hydroxyl groups is 1. The molecule has 37 heavy (non-hydrogen) atoms. The molecular formula is C28H39N3O5S. The fraction of sp³-hybridized carbons (Fsp3) is 0.393. The van der Waals surface area contributed by atoms with Gasteiger partial charge in [-0.15, -0.1) is 0 Å². The number of anilines is 1. The number of hydrogen-bond donors (Lipinski definition) is 3. The summed E-state index contributed by atoms with van der Waals surface area (Å²) < 4.78 is 33.7. The minimum absolute atomic E-state index is 0.0122. The highest BCUT2D eigenvalue weighted by atomic mass is 32.2. The monoisotopic (exact) mass is 529 g/mol. The van der Waals surface area contributed by atoms with Crippen LogP contribution in [0, 0.1) is 5.92 Å². The first kappa shape index (κ1) is 30.1. The van der Waals surface area contributed by atoms with E-state index in [1.165, 1.54) is 23.5 Å². The van der Waals surface area contributed by atoms with Gasteiger partial charge in [-0.1, -0.05) is 50.3 Å². The summed E-state index contributed by atoms with van der Waals surface area (Å²) in [7, 11) is -0.671. The third-order valence-electron chi connectivity index (χ3n) is 5.76. The molecule has 2 aromatic rings. The molecule has 1 amide bonds. The number of nitrogens with zero attached hydrogens (tertiary/aromatic N) is 1. The summed E-state index contributed by atoms with van der Waals surface area (Å²) in [6.45, 7) is 9.68. The first-order valence-corrected chi connectivity index (χ1v) is 13.7. The van der Waals surface area contributed by atoms with Crippen molar-refractivity contribution in [2.75, 3.05) is 32.6 Å². The highest BCUT2D eigenvalue weighted by Crippen LogP contribution is 2.22. The van der Waals surface area contributed by atoms with Crippen LogP contribution in [0.25, 0.3) is 0 Å². The smallest absolute Gasteiger partial charge is 0.255 e. The van der Waals surface area contributed by atoms with Crippen LogP contribution in [-0.2, 0) is 10.0 Å². The normalized spacial score (nSPS) is 13.5. The van der Waals surface area contributed by atoms with E-state index in [9.17, 15) is 18.3 Å². The number of nitrogens with one attached hydrogen (secondary N) is 2. The Balaban J connectivity index is 2.36. The quantitative estimate of drug-likeness (QED) is 0.319. The molecule has 2 rings (SSSR count). The van der Waals surface area contributed by atoms with E-state index >= 15 is 0 Å². The fourth-order valence-electron chi connectivity index (χ4n) is 3.90. The number of aliphatic hydroxyl groups excluding tert-OH is 1. The van der Waals surface area contributed by atoms with Crippen molar-refractivity contribution in [2.45, 2.75) is 44.2 Å². The Labute approximate surface area is 221 Å². The summed E-state index contributed by atoms with van der Waals surface area (Å²) >= 11 is 0. The van der Waals surface area contributed by atoms with Gasteiger partial charge in [0.2, 0.25) is 10.0 Å². The summed E-state index contributed by atoms with van der Waals surface area (Å²) in [5.41, 5.74) is 1.79. The lowest BCUT2D eigenvalue weighted by Crippen LogP contribution is -2.50. The van der Waals surface area contributed by atoms with Crippen molar-refractivity contribution in [2.24, 2.45) is 5.92 Å². The van der Waals surface area contributed by atoms with Crippen LogP contribution in [0.15, 0.2) is 77.7 Å². The number of hydrogen-bond acceptors (Lipinski definition) is 6. The lowest BCUT2D eigenvalue weighted by molar-refractivity contribution is 0.0775. The second-order valence-electron chi connectivity index (χ2n) is 9.20. The summed E-state index contributed by atoms with van der Waals surface area (Å²) in [6, 6.07) is 12.4. The zero-order valence-electron chi connectivity index (χ0n) is 22.3. The van der Waals surface area contributed by atoms with Crippen LogP contribution in [0.5, 0.6) is 5.75 Å². The number of rotatable bonds is 14. The van der Waals surface area contributed by atoms with Crippen LogP contribution in [0.4, 0.5) is 5.69 Å². The van der Waals surface area contributed by atoms with E-state index < -0.39 is 28.1 Å². The second-order valence-corrected chi connectivity index (χ2v) is 11.1. The van der Waals surface area contributed by atoms with E-state index in [1.807, 2.05) is 26.8 Å². The molecule has 2 aromatic carbocycles. The Bertz CT molecular complexity index is 1180.